The van der Waals surface area contributed by atoms with Crippen molar-refractivity contribution < 1.29 is 13.5 Å². The maximum absolute atomic E-state index is 13.7. The number of hydrogen-bond donors (Lipinski definition) is 1. The molecule has 0 aliphatic carbocycles. The van der Waals surface area contributed by atoms with E-state index in [4.69, 9.17) is 10.5 Å². The van der Waals surface area contributed by atoms with Crippen LogP contribution in [-0.2, 0) is 11.3 Å². The minimum Gasteiger partial charge on any atom is -0.384 e. The minimum absolute atomic E-state index is 0.0480. The molecule has 0 bridgehead atoms. The van der Waals surface area contributed by atoms with Gasteiger partial charge < -0.3 is 10.5 Å². The highest BCUT2D eigenvalue weighted by Crippen LogP contribution is 2.23. The van der Waals surface area contributed by atoms with Crippen molar-refractivity contribution in [2.24, 2.45) is 0 Å². The summed E-state index contributed by atoms with van der Waals surface area (Å²) < 4.78 is 32.0. The first-order chi connectivity index (χ1) is 9.10. The molecule has 0 aliphatic rings. The minimum atomic E-state index is -0.568. The summed E-state index contributed by atoms with van der Waals surface area (Å²) in [6, 6.07) is 4.56. The summed E-state index contributed by atoms with van der Waals surface area (Å²) in [6.07, 6.45) is 0. The van der Waals surface area contributed by atoms with Crippen LogP contribution in [0.5, 0.6) is 0 Å². The van der Waals surface area contributed by atoms with Gasteiger partial charge in [-0.3, -0.25) is 0 Å². The van der Waals surface area contributed by atoms with Gasteiger partial charge in [0.15, 0.2) is 5.82 Å². The molecule has 1 aromatic carbocycles. The molecule has 2 rings (SSSR count). The monoisotopic (exact) mass is 265 g/mol. The third kappa shape index (κ3) is 3.23. The van der Waals surface area contributed by atoms with Crippen LogP contribution >= 0.6 is 0 Å². The zero-order valence-electron chi connectivity index (χ0n) is 10.4. The number of benzene rings is 1. The molecule has 0 radical (unpaired) electrons. The van der Waals surface area contributed by atoms with E-state index in [1.165, 1.54) is 6.07 Å². The number of hydrogen-bond acceptors (Lipinski definition) is 4. The standard InChI is InChI=1S/C13H13F2N3O/c1-2-19-7-13-17-11(6-12(16)18-13)9-5-8(14)3-4-10(9)15/h3-6H,2,7H2,1H3,(H2,16,17,18). The average Bonchev–Trinajstić information content (AvgIpc) is 2.38. The summed E-state index contributed by atoms with van der Waals surface area (Å²) in [7, 11) is 0. The number of aromatic nitrogens is 2. The van der Waals surface area contributed by atoms with E-state index in [2.05, 4.69) is 9.97 Å². The van der Waals surface area contributed by atoms with Crippen molar-refractivity contribution in [2.75, 3.05) is 12.3 Å². The van der Waals surface area contributed by atoms with E-state index in [0.717, 1.165) is 18.2 Å². The SMILES string of the molecule is CCOCc1nc(N)cc(-c2cc(F)ccc2F)n1. The van der Waals surface area contributed by atoms with Crippen molar-refractivity contribution in [3.05, 3.63) is 41.7 Å². The number of halogens is 2. The number of nitrogen functional groups attached to an aromatic ring is 1. The van der Waals surface area contributed by atoms with Crippen molar-refractivity contribution in [1.29, 1.82) is 0 Å². The Labute approximate surface area is 109 Å². The lowest BCUT2D eigenvalue weighted by Crippen LogP contribution is -2.04. The largest absolute Gasteiger partial charge is 0.384 e. The summed E-state index contributed by atoms with van der Waals surface area (Å²) in [5, 5.41) is 0. The van der Waals surface area contributed by atoms with E-state index in [9.17, 15) is 8.78 Å². The molecule has 0 saturated carbocycles. The summed E-state index contributed by atoms with van der Waals surface area (Å²) in [5.74, 6) is -0.592. The Kier molecular flexibility index (Phi) is 4.01. The molecule has 2 N–H and O–H groups in total. The Morgan fingerprint density at radius 2 is 2.00 bits per heavy atom. The van der Waals surface area contributed by atoms with Crippen LogP contribution < -0.4 is 5.73 Å². The number of anilines is 1. The van der Waals surface area contributed by atoms with E-state index in [-0.39, 0.29) is 23.7 Å². The molecular weight excluding hydrogens is 252 g/mol. The second-order valence-electron chi connectivity index (χ2n) is 3.86. The van der Waals surface area contributed by atoms with E-state index in [1.54, 1.807) is 0 Å². The molecule has 6 heteroatoms. The second kappa shape index (κ2) is 5.71. The van der Waals surface area contributed by atoms with Gasteiger partial charge in [-0.25, -0.2) is 18.7 Å². The maximum atomic E-state index is 13.7. The van der Waals surface area contributed by atoms with Crippen LogP contribution in [-0.4, -0.2) is 16.6 Å². The van der Waals surface area contributed by atoms with Crippen LogP contribution in [0, 0.1) is 11.6 Å². The quantitative estimate of drug-likeness (QED) is 0.922. The van der Waals surface area contributed by atoms with Gasteiger partial charge >= 0.3 is 0 Å². The molecule has 0 atom stereocenters. The first kappa shape index (κ1) is 13.4. The van der Waals surface area contributed by atoms with Gasteiger partial charge in [-0.1, -0.05) is 0 Å². The van der Waals surface area contributed by atoms with E-state index in [1.807, 2.05) is 6.92 Å². The van der Waals surface area contributed by atoms with Crippen LogP contribution in [0.1, 0.15) is 12.7 Å². The molecule has 1 aromatic heterocycles. The fraction of sp³-hybridized carbons (Fsp3) is 0.231. The second-order valence-corrected chi connectivity index (χ2v) is 3.86. The highest BCUT2D eigenvalue weighted by Gasteiger charge is 2.11. The molecule has 0 aliphatic heterocycles. The predicted octanol–water partition coefficient (Wildman–Crippen LogP) is 2.54. The van der Waals surface area contributed by atoms with Gasteiger partial charge in [0.2, 0.25) is 0 Å². The molecule has 0 unspecified atom stereocenters. The van der Waals surface area contributed by atoms with Gasteiger partial charge in [-0.05, 0) is 25.1 Å². The highest BCUT2D eigenvalue weighted by molar-refractivity contribution is 5.62. The Hall–Kier alpha value is -2.08. The first-order valence-corrected chi connectivity index (χ1v) is 5.76. The maximum Gasteiger partial charge on any atom is 0.157 e. The van der Waals surface area contributed by atoms with Gasteiger partial charge in [0.25, 0.3) is 0 Å². The highest BCUT2D eigenvalue weighted by atomic mass is 19.1. The number of nitrogens with two attached hydrogens (primary N) is 1. The lowest BCUT2D eigenvalue weighted by Gasteiger charge is -2.07. The molecule has 2 aromatic rings. The molecule has 1 heterocycles. The van der Waals surface area contributed by atoms with Crippen molar-refractivity contribution in [2.45, 2.75) is 13.5 Å². The lowest BCUT2D eigenvalue weighted by molar-refractivity contribution is 0.128. The third-order valence-corrected chi connectivity index (χ3v) is 2.43. The first-order valence-electron chi connectivity index (χ1n) is 5.76. The third-order valence-electron chi connectivity index (χ3n) is 2.43. The van der Waals surface area contributed by atoms with E-state index in [0.29, 0.717) is 12.4 Å². The molecule has 0 amide bonds. The zero-order valence-corrected chi connectivity index (χ0v) is 10.4. The fourth-order valence-electron chi connectivity index (χ4n) is 1.61. The van der Waals surface area contributed by atoms with Crippen molar-refractivity contribution >= 4 is 5.82 Å². The average molecular weight is 265 g/mol. The molecule has 4 nitrogen and oxygen atoms in total. The fourth-order valence-corrected chi connectivity index (χ4v) is 1.61. The molecule has 100 valence electrons. The van der Waals surface area contributed by atoms with Crippen molar-refractivity contribution in [3.63, 3.8) is 0 Å². The zero-order chi connectivity index (χ0) is 13.8. The van der Waals surface area contributed by atoms with Crippen LogP contribution in [0.3, 0.4) is 0 Å². The summed E-state index contributed by atoms with van der Waals surface area (Å²) in [4.78, 5) is 8.09. The van der Waals surface area contributed by atoms with Crippen LogP contribution in [0.25, 0.3) is 11.3 Å². The van der Waals surface area contributed by atoms with Gasteiger partial charge in [-0.15, -0.1) is 0 Å². The van der Waals surface area contributed by atoms with Crippen molar-refractivity contribution in [3.8, 4) is 11.3 Å². The van der Waals surface area contributed by atoms with Gasteiger partial charge in [0.1, 0.15) is 24.1 Å². The molecule has 19 heavy (non-hydrogen) atoms. The van der Waals surface area contributed by atoms with Gasteiger partial charge in [0, 0.05) is 18.2 Å². The van der Waals surface area contributed by atoms with Gasteiger partial charge in [-0.2, -0.15) is 0 Å². The Bertz CT molecular complexity index is 590. The normalized spacial score (nSPS) is 10.7. The smallest absolute Gasteiger partial charge is 0.157 e. The number of rotatable bonds is 4. The Morgan fingerprint density at radius 3 is 2.74 bits per heavy atom. The Balaban J connectivity index is 2.43. The summed E-state index contributed by atoms with van der Waals surface area (Å²) >= 11 is 0. The molecule has 0 fully saturated rings. The number of nitrogens with zero attached hydrogens (tertiary/aromatic N) is 2. The molecule has 0 spiro atoms. The lowest BCUT2D eigenvalue weighted by atomic mass is 10.1. The van der Waals surface area contributed by atoms with E-state index >= 15 is 0 Å². The molecule has 0 saturated heterocycles. The van der Waals surface area contributed by atoms with Crippen molar-refractivity contribution in [1.82, 2.24) is 9.97 Å². The summed E-state index contributed by atoms with van der Waals surface area (Å²) in [6.45, 7) is 2.51. The number of ether oxygens (including phenoxy) is 1. The predicted molar refractivity (Wildman–Crippen MR) is 67.1 cm³/mol. The van der Waals surface area contributed by atoms with E-state index < -0.39 is 11.6 Å². The molecular formula is C13H13F2N3O. The van der Waals surface area contributed by atoms with Crippen LogP contribution in [0.15, 0.2) is 24.3 Å². The topological polar surface area (TPSA) is 61.0 Å². The Morgan fingerprint density at radius 1 is 1.21 bits per heavy atom. The van der Waals surface area contributed by atoms with Crippen LogP contribution in [0.4, 0.5) is 14.6 Å². The van der Waals surface area contributed by atoms with Crippen LogP contribution in [0.2, 0.25) is 0 Å². The summed E-state index contributed by atoms with van der Waals surface area (Å²) in [5.41, 5.74) is 5.92. The van der Waals surface area contributed by atoms with Gasteiger partial charge in [0.05, 0.1) is 5.69 Å².